The third-order valence-electron chi connectivity index (χ3n) is 5.15. The van der Waals surface area contributed by atoms with Crippen LogP contribution in [0.5, 0.6) is 5.75 Å². The highest BCUT2D eigenvalue weighted by atomic mass is 16.5. The van der Waals surface area contributed by atoms with Crippen molar-refractivity contribution in [1.29, 1.82) is 0 Å². The minimum atomic E-state index is -0.608. The lowest BCUT2D eigenvalue weighted by Crippen LogP contribution is -2.50. The molecule has 31 heavy (non-hydrogen) atoms. The topological polar surface area (TPSA) is 58.6 Å². The molecule has 0 aliphatic carbocycles. The van der Waals surface area contributed by atoms with Gasteiger partial charge in [0.15, 0.2) is 6.61 Å². The summed E-state index contributed by atoms with van der Waals surface area (Å²) in [7, 11) is 0. The van der Waals surface area contributed by atoms with Crippen LogP contribution in [0.3, 0.4) is 0 Å². The lowest BCUT2D eigenvalue weighted by molar-refractivity contribution is -0.142. The predicted molar refractivity (Wildman–Crippen MR) is 125 cm³/mol. The normalized spacial score (nSPS) is 12.4. The van der Waals surface area contributed by atoms with Crippen molar-refractivity contribution in [3.8, 4) is 5.75 Å². The number of carbonyl (C=O) groups is 2. The number of amides is 2. The van der Waals surface area contributed by atoms with Crippen LogP contribution in [0.15, 0.2) is 48.5 Å². The van der Waals surface area contributed by atoms with Crippen molar-refractivity contribution in [3.63, 3.8) is 0 Å². The minimum absolute atomic E-state index is 0.00357. The SMILES string of the molecule is Cc1ccc(CN(C(=O)COc2ccc(C(C)(C)C)cc2)[C@@H](C)C(=O)NC(C)C)cc1. The molecule has 1 N–H and O–H groups in total. The highest BCUT2D eigenvalue weighted by molar-refractivity contribution is 5.88. The van der Waals surface area contributed by atoms with Crippen LogP contribution in [0.25, 0.3) is 0 Å². The van der Waals surface area contributed by atoms with Gasteiger partial charge in [0.2, 0.25) is 5.91 Å². The molecule has 5 nitrogen and oxygen atoms in total. The molecule has 0 spiro atoms. The fourth-order valence-electron chi connectivity index (χ4n) is 3.16. The zero-order chi connectivity index (χ0) is 23.2. The molecule has 2 amide bonds. The van der Waals surface area contributed by atoms with E-state index < -0.39 is 6.04 Å². The number of hydrogen-bond donors (Lipinski definition) is 1. The molecular weight excluding hydrogens is 388 g/mol. The van der Waals surface area contributed by atoms with Crippen LogP contribution in [-0.4, -0.2) is 35.4 Å². The smallest absolute Gasteiger partial charge is 0.261 e. The van der Waals surface area contributed by atoms with E-state index in [0.717, 1.165) is 11.1 Å². The summed E-state index contributed by atoms with van der Waals surface area (Å²) < 4.78 is 5.76. The fourth-order valence-corrected chi connectivity index (χ4v) is 3.16. The van der Waals surface area contributed by atoms with Crippen LogP contribution in [-0.2, 0) is 21.5 Å². The Hall–Kier alpha value is -2.82. The van der Waals surface area contributed by atoms with Crippen molar-refractivity contribution < 1.29 is 14.3 Å². The molecule has 0 heterocycles. The molecule has 0 aliphatic rings. The zero-order valence-corrected chi connectivity index (χ0v) is 19.9. The Morgan fingerprint density at radius 2 is 1.55 bits per heavy atom. The van der Waals surface area contributed by atoms with Crippen LogP contribution in [0.2, 0.25) is 0 Å². The van der Waals surface area contributed by atoms with E-state index >= 15 is 0 Å². The first-order valence-corrected chi connectivity index (χ1v) is 10.9. The van der Waals surface area contributed by atoms with E-state index in [-0.39, 0.29) is 29.9 Å². The van der Waals surface area contributed by atoms with E-state index in [1.54, 1.807) is 11.8 Å². The second kappa shape index (κ2) is 10.5. The van der Waals surface area contributed by atoms with Crippen molar-refractivity contribution in [2.75, 3.05) is 6.61 Å². The minimum Gasteiger partial charge on any atom is -0.484 e. The second-order valence-corrected chi connectivity index (χ2v) is 9.41. The Kier molecular flexibility index (Phi) is 8.26. The molecule has 2 aromatic rings. The van der Waals surface area contributed by atoms with Crippen molar-refractivity contribution in [3.05, 3.63) is 65.2 Å². The molecule has 2 aromatic carbocycles. The van der Waals surface area contributed by atoms with E-state index in [4.69, 9.17) is 4.74 Å². The maximum atomic E-state index is 13.1. The summed E-state index contributed by atoms with van der Waals surface area (Å²) in [5.41, 5.74) is 3.37. The average Bonchev–Trinajstić information content (AvgIpc) is 2.70. The van der Waals surface area contributed by atoms with Crippen LogP contribution in [0, 0.1) is 6.92 Å². The Morgan fingerprint density at radius 1 is 0.968 bits per heavy atom. The molecule has 0 aliphatic heterocycles. The highest BCUT2D eigenvalue weighted by Gasteiger charge is 2.27. The summed E-state index contributed by atoms with van der Waals surface area (Å²) in [6, 6.07) is 15.2. The summed E-state index contributed by atoms with van der Waals surface area (Å²) in [6.07, 6.45) is 0. The number of nitrogens with one attached hydrogen (secondary N) is 1. The number of ether oxygens (including phenoxy) is 1. The molecule has 0 saturated heterocycles. The van der Waals surface area contributed by atoms with Gasteiger partial charge in [0.1, 0.15) is 11.8 Å². The van der Waals surface area contributed by atoms with Gasteiger partial charge in [0.05, 0.1) is 0 Å². The van der Waals surface area contributed by atoms with E-state index in [1.165, 1.54) is 5.56 Å². The maximum Gasteiger partial charge on any atom is 0.261 e. The van der Waals surface area contributed by atoms with Crippen LogP contribution in [0.4, 0.5) is 0 Å². The molecule has 1 atom stereocenters. The molecule has 0 radical (unpaired) electrons. The number of carbonyl (C=O) groups excluding carboxylic acids is 2. The average molecular weight is 425 g/mol. The zero-order valence-electron chi connectivity index (χ0n) is 19.9. The van der Waals surface area contributed by atoms with Crippen molar-refractivity contribution in [2.45, 2.75) is 72.5 Å². The quantitative estimate of drug-likeness (QED) is 0.673. The van der Waals surface area contributed by atoms with Gasteiger partial charge in [-0.2, -0.15) is 0 Å². The summed E-state index contributed by atoms with van der Waals surface area (Å²) >= 11 is 0. The van der Waals surface area contributed by atoms with Gasteiger partial charge in [0.25, 0.3) is 5.91 Å². The second-order valence-electron chi connectivity index (χ2n) is 9.41. The van der Waals surface area contributed by atoms with Crippen molar-refractivity contribution >= 4 is 11.8 Å². The Morgan fingerprint density at radius 3 is 2.06 bits per heavy atom. The van der Waals surface area contributed by atoms with Gasteiger partial charge in [-0.15, -0.1) is 0 Å². The highest BCUT2D eigenvalue weighted by Crippen LogP contribution is 2.24. The Labute approximate surface area is 186 Å². The standard InChI is InChI=1S/C26H36N2O3/c1-18(2)27-25(30)20(4)28(16-21-10-8-19(3)9-11-21)24(29)17-31-23-14-12-22(13-15-23)26(5,6)7/h8-15,18,20H,16-17H2,1-7H3,(H,27,30)/t20-/m0/s1. The largest absolute Gasteiger partial charge is 0.484 e. The molecule has 0 unspecified atom stereocenters. The summed E-state index contributed by atoms with van der Waals surface area (Å²) in [6.45, 7) is 14.3. The first-order chi connectivity index (χ1) is 14.5. The van der Waals surface area contributed by atoms with Crippen LogP contribution >= 0.6 is 0 Å². The summed E-state index contributed by atoms with van der Waals surface area (Å²) in [4.78, 5) is 27.2. The molecule has 0 bridgehead atoms. The molecule has 5 heteroatoms. The van der Waals surface area contributed by atoms with E-state index in [2.05, 4.69) is 26.1 Å². The van der Waals surface area contributed by atoms with Gasteiger partial charge in [0, 0.05) is 12.6 Å². The Balaban J connectivity index is 2.12. The van der Waals surface area contributed by atoms with Crippen molar-refractivity contribution in [2.24, 2.45) is 0 Å². The molecule has 168 valence electrons. The number of aryl methyl sites for hydroxylation is 1. The fraction of sp³-hybridized carbons (Fsp3) is 0.462. The molecule has 0 aromatic heterocycles. The van der Waals surface area contributed by atoms with Gasteiger partial charge in [-0.05, 0) is 56.4 Å². The monoisotopic (exact) mass is 424 g/mol. The first kappa shape index (κ1) is 24.4. The van der Waals surface area contributed by atoms with E-state index in [9.17, 15) is 9.59 Å². The van der Waals surface area contributed by atoms with E-state index in [0.29, 0.717) is 12.3 Å². The molecular formula is C26H36N2O3. The Bertz CT molecular complexity index is 865. The molecule has 0 saturated carbocycles. The van der Waals surface area contributed by atoms with Gasteiger partial charge in [-0.3, -0.25) is 9.59 Å². The van der Waals surface area contributed by atoms with Crippen LogP contribution < -0.4 is 10.1 Å². The maximum absolute atomic E-state index is 13.1. The van der Waals surface area contributed by atoms with Gasteiger partial charge in [-0.1, -0.05) is 62.7 Å². The molecule has 2 rings (SSSR count). The summed E-state index contributed by atoms with van der Waals surface area (Å²) in [5, 5.41) is 2.89. The summed E-state index contributed by atoms with van der Waals surface area (Å²) in [5.74, 6) is 0.229. The number of hydrogen-bond acceptors (Lipinski definition) is 3. The number of rotatable bonds is 8. The number of nitrogens with zero attached hydrogens (tertiary/aromatic N) is 1. The number of benzene rings is 2. The van der Waals surface area contributed by atoms with Crippen LogP contribution in [0.1, 0.15) is 58.2 Å². The lowest BCUT2D eigenvalue weighted by atomic mass is 9.87. The first-order valence-electron chi connectivity index (χ1n) is 10.9. The lowest BCUT2D eigenvalue weighted by Gasteiger charge is -2.29. The van der Waals surface area contributed by atoms with Gasteiger partial charge < -0.3 is 15.0 Å². The third-order valence-corrected chi connectivity index (χ3v) is 5.15. The van der Waals surface area contributed by atoms with Gasteiger partial charge >= 0.3 is 0 Å². The van der Waals surface area contributed by atoms with E-state index in [1.807, 2.05) is 69.3 Å². The third kappa shape index (κ3) is 7.42. The molecule has 0 fully saturated rings. The predicted octanol–water partition coefficient (Wildman–Crippen LogP) is 4.61. The van der Waals surface area contributed by atoms with Crippen molar-refractivity contribution in [1.82, 2.24) is 10.2 Å². The van der Waals surface area contributed by atoms with Gasteiger partial charge in [-0.25, -0.2) is 0 Å².